The standard InChI is InChI=1S/C18H23N5O/c1-4-13-11(2)21-18(19)22-17(13)20-10-12-9-16(24)23(3)15-8-6-5-7-14(12)15/h5-8,12H,4,9-10H2,1-3H3,(H3,19,20,21,22). The van der Waals surface area contributed by atoms with Crippen molar-refractivity contribution >= 4 is 23.4 Å². The van der Waals surface area contributed by atoms with E-state index in [-0.39, 0.29) is 17.8 Å². The molecule has 0 aliphatic carbocycles. The van der Waals surface area contributed by atoms with E-state index in [0.717, 1.165) is 29.2 Å². The molecule has 1 amide bonds. The number of hydrogen-bond acceptors (Lipinski definition) is 5. The van der Waals surface area contributed by atoms with Crippen LogP contribution in [0.15, 0.2) is 24.3 Å². The molecule has 0 saturated carbocycles. The monoisotopic (exact) mass is 325 g/mol. The van der Waals surface area contributed by atoms with Gasteiger partial charge in [0, 0.05) is 42.9 Å². The second kappa shape index (κ2) is 6.47. The smallest absolute Gasteiger partial charge is 0.227 e. The van der Waals surface area contributed by atoms with Crippen LogP contribution in [0.25, 0.3) is 0 Å². The molecule has 0 bridgehead atoms. The summed E-state index contributed by atoms with van der Waals surface area (Å²) in [4.78, 5) is 22.6. The Bertz CT molecular complexity index is 774. The summed E-state index contributed by atoms with van der Waals surface area (Å²) in [7, 11) is 1.83. The minimum atomic E-state index is 0.117. The van der Waals surface area contributed by atoms with Gasteiger partial charge in [0.15, 0.2) is 0 Å². The maximum Gasteiger partial charge on any atom is 0.227 e. The van der Waals surface area contributed by atoms with E-state index in [1.807, 2.05) is 32.2 Å². The molecule has 3 N–H and O–H groups in total. The molecule has 1 unspecified atom stereocenters. The fourth-order valence-electron chi connectivity index (χ4n) is 3.32. The van der Waals surface area contributed by atoms with E-state index < -0.39 is 0 Å². The first-order valence-electron chi connectivity index (χ1n) is 8.23. The van der Waals surface area contributed by atoms with Crippen LogP contribution in [0.5, 0.6) is 0 Å². The molecule has 0 spiro atoms. The maximum atomic E-state index is 12.3. The highest BCUT2D eigenvalue weighted by Crippen LogP contribution is 2.35. The summed E-state index contributed by atoms with van der Waals surface area (Å²) in [6.45, 7) is 4.65. The fraction of sp³-hybridized carbons (Fsp3) is 0.389. The zero-order chi connectivity index (χ0) is 17.3. The van der Waals surface area contributed by atoms with Gasteiger partial charge < -0.3 is 16.0 Å². The number of aryl methyl sites for hydroxylation is 1. The van der Waals surface area contributed by atoms with Gasteiger partial charge in [-0.1, -0.05) is 25.1 Å². The van der Waals surface area contributed by atoms with Crippen molar-refractivity contribution in [3.63, 3.8) is 0 Å². The summed E-state index contributed by atoms with van der Waals surface area (Å²) in [5.74, 6) is 1.29. The van der Waals surface area contributed by atoms with E-state index in [2.05, 4.69) is 28.3 Å². The number of carbonyl (C=O) groups is 1. The van der Waals surface area contributed by atoms with Crippen molar-refractivity contribution in [2.24, 2.45) is 0 Å². The maximum absolute atomic E-state index is 12.3. The Kier molecular flexibility index (Phi) is 4.38. The third-order valence-corrected chi connectivity index (χ3v) is 4.63. The molecule has 126 valence electrons. The Morgan fingerprint density at radius 2 is 2.08 bits per heavy atom. The molecular weight excluding hydrogens is 302 g/mol. The first-order valence-corrected chi connectivity index (χ1v) is 8.23. The summed E-state index contributed by atoms with van der Waals surface area (Å²) in [6.07, 6.45) is 1.32. The number of fused-ring (bicyclic) bond motifs is 1. The molecule has 1 aliphatic rings. The van der Waals surface area contributed by atoms with Crippen LogP contribution < -0.4 is 16.0 Å². The van der Waals surface area contributed by atoms with E-state index in [1.54, 1.807) is 4.90 Å². The van der Waals surface area contributed by atoms with Crippen LogP contribution in [0, 0.1) is 6.92 Å². The lowest BCUT2D eigenvalue weighted by Gasteiger charge is -2.32. The van der Waals surface area contributed by atoms with Crippen LogP contribution in [0.3, 0.4) is 0 Å². The van der Waals surface area contributed by atoms with Gasteiger partial charge in [-0.25, -0.2) is 4.98 Å². The van der Waals surface area contributed by atoms with Crippen LogP contribution in [0.2, 0.25) is 0 Å². The number of amides is 1. The Morgan fingerprint density at radius 3 is 2.83 bits per heavy atom. The zero-order valence-corrected chi connectivity index (χ0v) is 14.3. The number of nitrogens with zero attached hydrogens (tertiary/aromatic N) is 3. The van der Waals surface area contributed by atoms with Gasteiger partial charge in [0.1, 0.15) is 5.82 Å². The van der Waals surface area contributed by atoms with E-state index in [9.17, 15) is 4.79 Å². The van der Waals surface area contributed by atoms with Gasteiger partial charge in [-0.05, 0) is 25.0 Å². The summed E-state index contributed by atoms with van der Waals surface area (Å²) in [5.41, 5.74) is 9.91. The van der Waals surface area contributed by atoms with Crippen molar-refractivity contribution in [1.29, 1.82) is 0 Å². The van der Waals surface area contributed by atoms with Gasteiger partial charge in [0.25, 0.3) is 0 Å². The second-order valence-electron chi connectivity index (χ2n) is 6.14. The highest BCUT2D eigenvalue weighted by atomic mass is 16.2. The number of aromatic nitrogens is 2. The fourth-order valence-corrected chi connectivity index (χ4v) is 3.32. The number of hydrogen-bond donors (Lipinski definition) is 2. The predicted molar refractivity (Wildman–Crippen MR) is 96.3 cm³/mol. The predicted octanol–water partition coefficient (Wildman–Crippen LogP) is 2.49. The van der Waals surface area contributed by atoms with Gasteiger partial charge >= 0.3 is 0 Å². The van der Waals surface area contributed by atoms with Crippen molar-refractivity contribution < 1.29 is 4.79 Å². The molecule has 0 fully saturated rings. The number of nitrogen functional groups attached to an aromatic ring is 1. The Labute approximate surface area is 142 Å². The lowest BCUT2D eigenvalue weighted by Crippen LogP contribution is -2.35. The molecule has 0 saturated heterocycles. The van der Waals surface area contributed by atoms with Crippen LogP contribution in [-0.4, -0.2) is 29.5 Å². The minimum Gasteiger partial charge on any atom is -0.369 e. The SMILES string of the molecule is CCc1c(C)nc(N)nc1NCC1CC(=O)N(C)c2ccccc21. The third kappa shape index (κ3) is 2.91. The minimum absolute atomic E-state index is 0.117. The average Bonchev–Trinajstić information content (AvgIpc) is 2.56. The molecule has 1 aromatic heterocycles. The van der Waals surface area contributed by atoms with E-state index in [0.29, 0.717) is 13.0 Å². The van der Waals surface area contributed by atoms with Gasteiger partial charge in [-0.15, -0.1) is 0 Å². The molecule has 6 nitrogen and oxygen atoms in total. The Morgan fingerprint density at radius 1 is 1.33 bits per heavy atom. The van der Waals surface area contributed by atoms with Crippen LogP contribution >= 0.6 is 0 Å². The number of benzene rings is 1. The molecule has 2 aromatic rings. The normalized spacial score (nSPS) is 16.9. The number of rotatable bonds is 4. The van der Waals surface area contributed by atoms with E-state index in [1.165, 1.54) is 5.56 Å². The molecule has 24 heavy (non-hydrogen) atoms. The van der Waals surface area contributed by atoms with Gasteiger partial charge in [0.2, 0.25) is 11.9 Å². The molecule has 1 aromatic carbocycles. The lowest BCUT2D eigenvalue weighted by atomic mass is 9.89. The molecule has 1 atom stereocenters. The number of carbonyl (C=O) groups excluding carboxylic acids is 1. The quantitative estimate of drug-likeness (QED) is 0.902. The second-order valence-corrected chi connectivity index (χ2v) is 6.14. The average molecular weight is 325 g/mol. The number of anilines is 3. The zero-order valence-electron chi connectivity index (χ0n) is 14.3. The van der Waals surface area contributed by atoms with Gasteiger partial charge in [-0.2, -0.15) is 4.98 Å². The highest BCUT2D eigenvalue weighted by Gasteiger charge is 2.28. The van der Waals surface area contributed by atoms with Crippen molar-refractivity contribution in [2.75, 3.05) is 29.5 Å². The lowest BCUT2D eigenvalue weighted by molar-refractivity contribution is -0.119. The summed E-state index contributed by atoms with van der Waals surface area (Å²) >= 11 is 0. The Balaban J connectivity index is 1.86. The first-order chi connectivity index (χ1) is 11.5. The summed E-state index contributed by atoms with van der Waals surface area (Å²) in [5, 5.41) is 3.39. The van der Waals surface area contributed by atoms with Crippen LogP contribution in [-0.2, 0) is 11.2 Å². The molecule has 2 heterocycles. The molecule has 3 rings (SSSR count). The summed E-state index contributed by atoms with van der Waals surface area (Å²) in [6, 6.07) is 8.05. The third-order valence-electron chi connectivity index (χ3n) is 4.63. The van der Waals surface area contributed by atoms with Crippen molar-refractivity contribution in [1.82, 2.24) is 9.97 Å². The van der Waals surface area contributed by atoms with Crippen molar-refractivity contribution in [3.05, 3.63) is 41.1 Å². The summed E-state index contributed by atoms with van der Waals surface area (Å²) < 4.78 is 0. The molecule has 0 radical (unpaired) electrons. The number of nitrogens with two attached hydrogens (primary N) is 1. The first kappa shape index (κ1) is 16.2. The molecule has 1 aliphatic heterocycles. The van der Waals surface area contributed by atoms with Crippen molar-refractivity contribution in [2.45, 2.75) is 32.6 Å². The number of para-hydroxylation sites is 1. The van der Waals surface area contributed by atoms with Crippen molar-refractivity contribution in [3.8, 4) is 0 Å². The largest absolute Gasteiger partial charge is 0.369 e. The van der Waals surface area contributed by atoms with Crippen LogP contribution in [0.1, 0.15) is 36.1 Å². The Hall–Kier alpha value is -2.63. The topological polar surface area (TPSA) is 84.1 Å². The van der Waals surface area contributed by atoms with Gasteiger partial charge in [-0.3, -0.25) is 4.79 Å². The van der Waals surface area contributed by atoms with E-state index >= 15 is 0 Å². The molecular formula is C18H23N5O. The van der Waals surface area contributed by atoms with Crippen LogP contribution in [0.4, 0.5) is 17.5 Å². The number of nitrogens with one attached hydrogen (secondary N) is 1. The van der Waals surface area contributed by atoms with Gasteiger partial charge in [0.05, 0.1) is 0 Å². The highest BCUT2D eigenvalue weighted by molar-refractivity contribution is 5.96. The van der Waals surface area contributed by atoms with E-state index in [4.69, 9.17) is 5.73 Å². The molecule has 6 heteroatoms.